The number of nitrogens with one attached hydrogen (secondary N) is 1. The van der Waals surface area contributed by atoms with E-state index in [9.17, 15) is 13.2 Å². The number of thiazole rings is 1. The Morgan fingerprint density at radius 2 is 2.11 bits per heavy atom. The maximum absolute atomic E-state index is 13.0. The molecular formula is C19H25N3O4S2. The summed E-state index contributed by atoms with van der Waals surface area (Å²) in [6.07, 6.45) is 1.83. The molecule has 7 nitrogen and oxygen atoms in total. The number of amides is 1. The molecule has 1 atom stereocenters. The topological polar surface area (TPSA) is 88.6 Å². The average Bonchev–Trinajstić information content (AvgIpc) is 3.32. The first kappa shape index (κ1) is 20.8. The third-order valence-corrected chi connectivity index (χ3v) is 7.34. The van der Waals surface area contributed by atoms with E-state index in [0.29, 0.717) is 44.7 Å². The normalized spacial score (nSPS) is 17.6. The maximum atomic E-state index is 13.0. The van der Waals surface area contributed by atoms with E-state index in [4.69, 9.17) is 4.74 Å². The second-order valence-electron chi connectivity index (χ2n) is 6.58. The standard InChI is InChI=1S/C19H25N3O4S2/c1-3-26-16-6-8-17(9-7-16)28(24,25)22-12-4-5-18(22)19(23)20-11-10-15-13-27-14(2)21-15/h6-9,13,18H,3-5,10-12H2,1-2H3,(H,20,23). The molecular weight excluding hydrogens is 398 g/mol. The number of rotatable bonds is 8. The molecule has 1 unspecified atom stereocenters. The van der Waals surface area contributed by atoms with Gasteiger partial charge in [-0.25, -0.2) is 13.4 Å². The van der Waals surface area contributed by atoms with Gasteiger partial charge in [-0.3, -0.25) is 4.79 Å². The number of nitrogens with zero attached hydrogens (tertiary/aromatic N) is 2. The van der Waals surface area contributed by atoms with Crippen molar-refractivity contribution in [1.29, 1.82) is 0 Å². The van der Waals surface area contributed by atoms with E-state index in [1.54, 1.807) is 23.5 Å². The first-order valence-corrected chi connectivity index (χ1v) is 11.7. The highest BCUT2D eigenvalue weighted by atomic mass is 32.2. The zero-order valence-electron chi connectivity index (χ0n) is 16.1. The maximum Gasteiger partial charge on any atom is 0.243 e. The van der Waals surface area contributed by atoms with Crippen LogP contribution >= 0.6 is 11.3 Å². The molecule has 0 aliphatic carbocycles. The SMILES string of the molecule is CCOc1ccc(S(=O)(=O)N2CCCC2C(=O)NCCc2csc(C)n2)cc1. The van der Waals surface area contributed by atoms with Crippen LogP contribution < -0.4 is 10.1 Å². The molecule has 0 radical (unpaired) electrons. The van der Waals surface area contributed by atoms with Crippen LogP contribution in [0.2, 0.25) is 0 Å². The molecule has 2 heterocycles. The number of sulfonamides is 1. The predicted molar refractivity (Wildman–Crippen MR) is 108 cm³/mol. The van der Waals surface area contributed by atoms with E-state index in [1.165, 1.54) is 16.4 Å². The van der Waals surface area contributed by atoms with Crippen molar-refractivity contribution >= 4 is 27.3 Å². The first-order valence-electron chi connectivity index (χ1n) is 9.35. The fraction of sp³-hybridized carbons (Fsp3) is 0.474. The predicted octanol–water partition coefficient (Wildman–Crippen LogP) is 2.36. The monoisotopic (exact) mass is 423 g/mol. The van der Waals surface area contributed by atoms with Gasteiger partial charge < -0.3 is 10.1 Å². The van der Waals surface area contributed by atoms with Crippen LogP contribution in [-0.2, 0) is 21.2 Å². The largest absolute Gasteiger partial charge is 0.494 e. The third kappa shape index (κ3) is 4.71. The van der Waals surface area contributed by atoms with Crippen molar-refractivity contribution in [3.63, 3.8) is 0 Å². The summed E-state index contributed by atoms with van der Waals surface area (Å²) in [6.45, 7) is 5.11. The van der Waals surface area contributed by atoms with Gasteiger partial charge in [-0.15, -0.1) is 11.3 Å². The van der Waals surface area contributed by atoms with Gasteiger partial charge in [-0.2, -0.15) is 4.31 Å². The van der Waals surface area contributed by atoms with Crippen LogP contribution in [-0.4, -0.2) is 49.4 Å². The number of hydrogen-bond donors (Lipinski definition) is 1. The molecule has 28 heavy (non-hydrogen) atoms. The number of ether oxygens (including phenoxy) is 1. The van der Waals surface area contributed by atoms with Crippen molar-refractivity contribution < 1.29 is 17.9 Å². The molecule has 1 aromatic carbocycles. The number of hydrogen-bond acceptors (Lipinski definition) is 6. The number of benzene rings is 1. The molecule has 1 saturated heterocycles. The van der Waals surface area contributed by atoms with Crippen molar-refractivity contribution in [1.82, 2.24) is 14.6 Å². The molecule has 1 fully saturated rings. The van der Waals surface area contributed by atoms with Gasteiger partial charge >= 0.3 is 0 Å². The lowest BCUT2D eigenvalue weighted by Gasteiger charge is -2.23. The molecule has 1 N–H and O–H groups in total. The zero-order chi connectivity index (χ0) is 20.1. The molecule has 2 aromatic rings. The van der Waals surface area contributed by atoms with E-state index in [0.717, 1.165) is 10.7 Å². The molecule has 1 aliphatic heterocycles. The summed E-state index contributed by atoms with van der Waals surface area (Å²) in [5.41, 5.74) is 0.938. The Morgan fingerprint density at radius 3 is 2.75 bits per heavy atom. The van der Waals surface area contributed by atoms with E-state index in [1.807, 2.05) is 19.2 Å². The lowest BCUT2D eigenvalue weighted by molar-refractivity contribution is -0.124. The number of aromatic nitrogens is 1. The van der Waals surface area contributed by atoms with Gasteiger partial charge in [0.25, 0.3) is 0 Å². The fourth-order valence-electron chi connectivity index (χ4n) is 3.25. The van der Waals surface area contributed by atoms with Crippen LogP contribution in [0, 0.1) is 6.92 Å². The highest BCUT2D eigenvalue weighted by Crippen LogP contribution is 2.27. The molecule has 3 rings (SSSR count). The molecule has 9 heteroatoms. The van der Waals surface area contributed by atoms with E-state index >= 15 is 0 Å². The molecule has 1 aromatic heterocycles. The minimum atomic E-state index is -3.73. The summed E-state index contributed by atoms with van der Waals surface area (Å²) in [4.78, 5) is 17.2. The Morgan fingerprint density at radius 1 is 1.36 bits per heavy atom. The van der Waals surface area contributed by atoms with Gasteiger partial charge in [-0.05, 0) is 51.0 Å². The fourth-order valence-corrected chi connectivity index (χ4v) is 5.56. The van der Waals surface area contributed by atoms with E-state index < -0.39 is 16.1 Å². The van der Waals surface area contributed by atoms with Crippen LogP contribution in [0.4, 0.5) is 0 Å². The second-order valence-corrected chi connectivity index (χ2v) is 9.53. The van der Waals surface area contributed by atoms with Crippen LogP contribution in [0.3, 0.4) is 0 Å². The minimum Gasteiger partial charge on any atom is -0.494 e. The van der Waals surface area contributed by atoms with Crippen molar-refractivity contribution in [2.75, 3.05) is 19.7 Å². The number of aryl methyl sites for hydroxylation is 1. The Kier molecular flexibility index (Phi) is 6.69. The molecule has 152 valence electrons. The summed E-state index contributed by atoms with van der Waals surface area (Å²) in [5, 5.41) is 5.82. The summed E-state index contributed by atoms with van der Waals surface area (Å²) in [6, 6.07) is 5.65. The summed E-state index contributed by atoms with van der Waals surface area (Å²) >= 11 is 1.57. The lowest BCUT2D eigenvalue weighted by atomic mass is 10.2. The van der Waals surface area contributed by atoms with Gasteiger partial charge in [0.05, 0.1) is 22.2 Å². The van der Waals surface area contributed by atoms with Crippen molar-refractivity contribution in [3.05, 3.63) is 40.3 Å². The van der Waals surface area contributed by atoms with Crippen molar-refractivity contribution in [3.8, 4) is 5.75 Å². The van der Waals surface area contributed by atoms with Crippen LogP contribution in [0.25, 0.3) is 0 Å². The Balaban J connectivity index is 1.64. The molecule has 0 saturated carbocycles. The van der Waals surface area contributed by atoms with Crippen LogP contribution in [0.5, 0.6) is 5.75 Å². The van der Waals surface area contributed by atoms with Gasteiger partial charge in [0, 0.05) is 24.9 Å². The zero-order valence-corrected chi connectivity index (χ0v) is 17.7. The molecule has 1 amide bonds. The van der Waals surface area contributed by atoms with Gasteiger partial charge in [0.1, 0.15) is 11.8 Å². The average molecular weight is 424 g/mol. The van der Waals surface area contributed by atoms with Crippen LogP contribution in [0.1, 0.15) is 30.5 Å². The highest BCUT2D eigenvalue weighted by Gasteiger charge is 2.39. The summed E-state index contributed by atoms with van der Waals surface area (Å²) in [7, 11) is -3.73. The van der Waals surface area contributed by atoms with E-state index in [-0.39, 0.29) is 10.8 Å². The Hall–Kier alpha value is -1.97. The van der Waals surface area contributed by atoms with E-state index in [2.05, 4.69) is 10.3 Å². The third-order valence-electron chi connectivity index (χ3n) is 4.59. The summed E-state index contributed by atoms with van der Waals surface area (Å²) in [5.74, 6) is 0.369. The van der Waals surface area contributed by atoms with Crippen molar-refractivity contribution in [2.24, 2.45) is 0 Å². The Labute approximate surface area is 169 Å². The van der Waals surface area contributed by atoms with Crippen LogP contribution in [0.15, 0.2) is 34.5 Å². The second kappa shape index (κ2) is 9.02. The minimum absolute atomic E-state index is 0.175. The molecule has 0 bridgehead atoms. The van der Waals surface area contributed by atoms with Gasteiger partial charge in [0.15, 0.2) is 0 Å². The first-order chi connectivity index (χ1) is 13.4. The Bertz CT molecular complexity index is 910. The van der Waals surface area contributed by atoms with Gasteiger partial charge in [0.2, 0.25) is 15.9 Å². The smallest absolute Gasteiger partial charge is 0.243 e. The quantitative estimate of drug-likeness (QED) is 0.704. The highest BCUT2D eigenvalue weighted by molar-refractivity contribution is 7.89. The number of carbonyl (C=O) groups excluding carboxylic acids is 1. The molecule has 1 aliphatic rings. The molecule has 0 spiro atoms. The van der Waals surface area contributed by atoms with Crippen molar-refractivity contribution in [2.45, 2.75) is 44.0 Å². The number of carbonyl (C=O) groups is 1. The summed E-state index contributed by atoms with van der Waals surface area (Å²) < 4.78 is 32.7. The van der Waals surface area contributed by atoms with Gasteiger partial charge in [-0.1, -0.05) is 0 Å². The lowest BCUT2D eigenvalue weighted by Crippen LogP contribution is -2.46.